The highest BCUT2D eigenvalue weighted by atomic mass is 35.5. The van der Waals surface area contributed by atoms with Crippen LogP contribution in [0.4, 0.5) is 0 Å². The van der Waals surface area contributed by atoms with E-state index in [0.29, 0.717) is 29.0 Å². The zero-order valence-electron chi connectivity index (χ0n) is 18.2. The first-order valence-electron chi connectivity index (χ1n) is 11.0. The Morgan fingerprint density at radius 2 is 1.82 bits per heavy atom. The van der Waals surface area contributed by atoms with Gasteiger partial charge in [-0.2, -0.15) is 5.10 Å². The molecule has 2 N–H and O–H groups in total. The Hall–Kier alpha value is -3.84. The monoisotopic (exact) mass is 475 g/mol. The molecule has 0 bridgehead atoms. The van der Waals surface area contributed by atoms with Crippen LogP contribution in [0.1, 0.15) is 35.2 Å². The summed E-state index contributed by atoms with van der Waals surface area (Å²) in [7, 11) is 0. The molecule has 0 saturated heterocycles. The van der Waals surface area contributed by atoms with Crippen molar-refractivity contribution in [2.45, 2.75) is 31.4 Å². The van der Waals surface area contributed by atoms with Gasteiger partial charge in [0.2, 0.25) is 0 Å². The fraction of sp³-hybridized carbons (Fsp3) is 0.192. The third kappa shape index (κ3) is 3.99. The quantitative estimate of drug-likeness (QED) is 0.392. The van der Waals surface area contributed by atoms with Crippen LogP contribution >= 0.6 is 11.6 Å². The Balaban J connectivity index is 1.46. The van der Waals surface area contributed by atoms with Crippen molar-refractivity contribution in [3.8, 4) is 11.4 Å². The van der Waals surface area contributed by atoms with E-state index in [2.05, 4.69) is 10.4 Å². The van der Waals surface area contributed by atoms with Crippen molar-refractivity contribution < 1.29 is 19.4 Å². The summed E-state index contributed by atoms with van der Waals surface area (Å²) in [5.41, 5.74) is 0.798. The van der Waals surface area contributed by atoms with Crippen LogP contribution in [0.2, 0.25) is 5.02 Å². The number of carboxylic acid groups (broad SMARTS) is 1. The molecule has 1 aromatic heterocycles. The SMILES string of the molecule is O=C(NC1(C(=O)O)CCC1)c1cc(Cl)c2ccccc2c1OCc1ccc(-n2cccn2)cc1. The lowest BCUT2D eigenvalue weighted by atomic mass is 9.76. The lowest BCUT2D eigenvalue weighted by molar-refractivity contribution is -0.148. The van der Waals surface area contributed by atoms with Crippen LogP contribution in [0.25, 0.3) is 16.5 Å². The standard InChI is InChI=1S/C26H22ClN3O4/c27-22-15-21(24(31)29-26(25(32)33)11-3-12-26)23(20-6-2-1-5-19(20)22)34-16-17-7-9-18(10-8-17)30-14-4-13-28-30/h1-2,4-10,13-15H,3,11-12,16H2,(H,29,31)(H,32,33). The van der Waals surface area contributed by atoms with Gasteiger partial charge in [0, 0.05) is 28.2 Å². The predicted molar refractivity (Wildman–Crippen MR) is 129 cm³/mol. The van der Waals surface area contributed by atoms with E-state index in [1.54, 1.807) is 16.9 Å². The molecule has 1 amide bonds. The van der Waals surface area contributed by atoms with E-state index in [4.69, 9.17) is 16.3 Å². The zero-order valence-corrected chi connectivity index (χ0v) is 19.0. The van der Waals surface area contributed by atoms with Crippen molar-refractivity contribution in [1.82, 2.24) is 15.1 Å². The van der Waals surface area contributed by atoms with Gasteiger partial charge in [-0.1, -0.05) is 48.0 Å². The number of nitrogens with one attached hydrogen (secondary N) is 1. The van der Waals surface area contributed by atoms with E-state index in [0.717, 1.165) is 23.1 Å². The Labute approximate surface area is 200 Å². The molecule has 1 aliphatic carbocycles. The first kappa shape index (κ1) is 22.0. The Morgan fingerprint density at radius 1 is 1.09 bits per heavy atom. The molecule has 34 heavy (non-hydrogen) atoms. The number of fused-ring (bicyclic) bond motifs is 1. The Kier molecular flexibility index (Phi) is 5.71. The predicted octanol–water partition coefficient (Wildman–Crippen LogP) is 5.00. The third-order valence-corrected chi connectivity index (χ3v) is 6.56. The molecule has 0 aliphatic heterocycles. The molecule has 1 fully saturated rings. The molecule has 172 valence electrons. The number of rotatable bonds is 7. The fourth-order valence-electron chi connectivity index (χ4n) is 4.16. The number of hydrogen-bond donors (Lipinski definition) is 2. The highest BCUT2D eigenvalue weighted by molar-refractivity contribution is 6.36. The largest absolute Gasteiger partial charge is 0.487 e. The molecule has 0 spiro atoms. The number of carboxylic acids is 1. The van der Waals surface area contributed by atoms with Crippen LogP contribution in [0, 0.1) is 0 Å². The van der Waals surface area contributed by atoms with E-state index in [9.17, 15) is 14.7 Å². The minimum absolute atomic E-state index is 0.212. The minimum atomic E-state index is -1.24. The van der Waals surface area contributed by atoms with Crippen LogP contribution in [0.3, 0.4) is 0 Å². The van der Waals surface area contributed by atoms with Crippen LogP contribution in [0.5, 0.6) is 5.75 Å². The summed E-state index contributed by atoms with van der Waals surface area (Å²) in [6.45, 7) is 0.218. The topological polar surface area (TPSA) is 93.5 Å². The molecule has 0 atom stereocenters. The molecular weight excluding hydrogens is 454 g/mol. The number of ether oxygens (including phenoxy) is 1. The van der Waals surface area contributed by atoms with Crippen molar-refractivity contribution in [3.05, 3.63) is 89.2 Å². The minimum Gasteiger partial charge on any atom is -0.487 e. The molecule has 5 rings (SSSR count). The van der Waals surface area contributed by atoms with Crippen LogP contribution in [0.15, 0.2) is 73.1 Å². The van der Waals surface area contributed by atoms with E-state index in [1.165, 1.54) is 0 Å². The molecule has 1 saturated carbocycles. The summed E-state index contributed by atoms with van der Waals surface area (Å²) in [5, 5.41) is 18.4. The Bertz CT molecular complexity index is 1360. The van der Waals surface area contributed by atoms with Crippen molar-refractivity contribution in [2.75, 3.05) is 0 Å². The van der Waals surface area contributed by atoms with Gasteiger partial charge in [0.05, 0.1) is 11.3 Å². The second-order valence-corrected chi connectivity index (χ2v) is 8.79. The Morgan fingerprint density at radius 3 is 2.44 bits per heavy atom. The average molecular weight is 476 g/mol. The van der Waals surface area contributed by atoms with E-state index in [-0.39, 0.29) is 12.2 Å². The van der Waals surface area contributed by atoms with E-state index < -0.39 is 17.4 Å². The van der Waals surface area contributed by atoms with Gasteiger partial charge in [0.25, 0.3) is 5.91 Å². The lowest BCUT2D eigenvalue weighted by Gasteiger charge is -2.38. The highest BCUT2D eigenvalue weighted by Gasteiger charge is 2.46. The van der Waals surface area contributed by atoms with Crippen molar-refractivity contribution >= 4 is 34.2 Å². The van der Waals surface area contributed by atoms with Crippen molar-refractivity contribution in [2.24, 2.45) is 0 Å². The van der Waals surface area contributed by atoms with Gasteiger partial charge >= 0.3 is 5.97 Å². The van der Waals surface area contributed by atoms with Gasteiger partial charge in [-0.25, -0.2) is 9.48 Å². The summed E-state index contributed by atoms with van der Waals surface area (Å²) >= 11 is 6.48. The molecule has 7 nitrogen and oxygen atoms in total. The maximum absolute atomic E-state index is 13.2. The number of hydrogen-bond acceptors (Lipinski definition) is 4. The van der Waals surface area contributed by atoms with Crippen LogP contribution < -0.4 is 10.1 Å². The summed E-state index contributed by atoms with van der Waals surface area (Å²) < 4.78 is 7.94. The normalized spacial score (nSPS) is 14.4. The first-order chi connectivity index (χ1) is 16.5. The van der Waals surface area contributed by atoms with Crippen LogP contribution in [-0.4, -0.2) is 32.3 Å². The smallest absolute Gasteiger partial charge is 0.329 e. The first-order valence-corrected chi connectivity index (χ1v) is 11.3. The van der Waals surface area contributed by atoms with Crippen molar-refractivity contribution in [1.29, 1.82) is 0 Å². The highest BCUT2D eigenvalue weighted by Crippen LogP contribution is 2.37. The fourth-order valence-corrected chi connectivity index (χ4v) is 4.43. The van der Waals surface area contributed by atoms with Gasteiger partial charge < -0.3 is 15.2 Å². The number of halogens is 1. The number of carbonyl (C=O) groups excluding carboxylic acids is 1. The van der Waals surface area contributed by atoms with Gasteiger partial charge in [0.1, 0.15) is 17.9 Å². The van der Waals surface area contributed by atoms with E-state index >= 15 is 0 Å². The van der Waals surface area contributed by atoms with Crippen molar-refractivity contribution in [3.63, 3.8) is 0 Å². The zero-order chi connectivity index (χ0) is 23.7. The summed E-state index contributed by atoms with van der Waals surface area (Å²) in [6, 6.07) is 18.5. The maximum Gasteiger partial charge on any atom is 0.329 e. The third-order valence-electron chi connectivity index (χ3n) is 6.25. The van der Waals surface area contributed by atoms with Gasteiger partial charge in [-0.05, 0) is 49.1 Å². The van der Waals surface area contributed by atoms with Crippen LogP contribution in [-0.2, 0) is 11.4 Å². The van der Waals surface area contributed by atoms with Gasteiger partial charge in [-0.3, -0.25) is 4.79 Å². The lowest BCUT2D eigenvalue weighted by Crippen LogP contribution is -2.59. The summed E-state index contributed by atoms with van der Waals surface area (Å²) in [6.07, 6.45) is 5.13. The maximum atomic E-state index is 13.2. The molecular formula is C26H22ClN3O4. The number of amides is 1. The summed E-state index contributed by atoms with van der Waals surface area (Å²) in [5.74, 6) is -1.17. The van der Waals surface area contributed by atoms with Gasteiger partial charge in [0.15, 0.2) is 0 Å². The number of nitrogens with zero attached hydrogens (tertiary/aromatic N) is 2. The second-order valence-electron chi connectivity index (χ2n) is 8.38. The second kappa shape index (κ2) is 8.83. The molecule has 8 heteroatoms. The molecule has 1 aliphatic rings. The molecule has 3 aromatic carbocycles. The molecule has 4 aromatic rings. The number of aliphatic carboxylic acids is 1. The molecule has 0 unspecified atom stereocenters. The number of carbonyl (C=O) groups is 2. The number of aromatic nitrogens is 2. The average Bonchev–Trinajstić information content (AvgIpc) is 3.36. The molecule has 1 heterocycles. The van der Waals surface area contributed by atoms with E-state index in [1.807, 2.05) is 60.8 Å². The number of benzene rings is 3. The van der Waals surface area contributed by atoms with Gasteiger partial charge in [-0.15, -0.1) is 0 Å². The summed E-state index contributed by atoms with van der Waals surface area (Å²) in [4.78, 5) is 25.0. The molecule has 0 radical (unpaired) electrons.